The standard InChI is InChI=1S/C13H14ClIN2O2S2/c1-8-7-20-12(6-16-2)13(8)21(18,19)17-11-4-3-9(14)5-10(11)15/h3-5,7,16-17H,6H2,1-2H3. The fourth-order valence-electron chi connectivity index (χ4n) is 1.90. The van der Waals surface area contributed by atoms with Crippen molar-refractivity contribution in [2.24, 2.45) is 0 Å². The average molecular weight is 457 g/mol. The monoisotopic (exact) mass is 456 g/mol. The maximum absolute atomic E-state index is 12.6. The van der Waals surface area contributed by atoms with E-state index in [1.807, 2.05) is 5.38 Å². The lowest BCUT2D eigenvalue weighted by atomic mass is 10.3. The van der Waals surface area contributed by atoms with Crippen LogP contribution < -0.4 is 10.0 Å². The molecule has 0 fully saturated rings. The molecule has 0 saturated heterocycles. The highest BCUT2D eigenvalue weighted by atomic mass is 127. The number of rotatable bonds is 5. The van der Waals surface area contributed by atoms with Gasteiger partial charge in [0.15, 0.2) is 0 Å². The van der Waals surface area contributed by atoms with Gasteiger partial charge in [-0.15, -0.1) is 11.3 Å². The van der Waals surface area contributed by atoms with Crippen molar-refractivity contribution in [1.82, 2.24) is 5.32 Å². The Morgan fingerprint density at radius 1 is 1.38 bits per heavy atom. The van der Waals surface area contributed by atoms with E-state index in [9.17, 15) is 8.42 Å². The second-order valence-electron chi connectivity index (χ2n) is 4.43. The van der Waals surface area contributed by atoms with Gasteiger partial charge in [0.2, 0.25) is 0 Å². The van der Waals surface area contributed by atoms with Crippen molar-refractivity contribution in [3.63, 3.8) is 0 Å². The van der Waals surface area contributed by atoms with E-state index in [1.165, 1.54) is 11.3 Å². The van der Waals surface area contributed by atoms with Crippen LogP contribution in [0.2, 0.25) is 5.02 Å². The third kappa shape index (κ3) is 3.89. The predicted octanol–water partition coefficient (Wildman–Crippen LogP) is 3.83. The summed E-state index contributed by atoms with van der Waals surface area (Å²) in [6, 6.07) is 5.05. The zero-order chi connectivity index (χ0) is 15.6. The van der Waals surface area contributed by atoms with E-state index in [0.717, 1.165) is 14.0 Å². The first-order chi connectivity index (χ1) is 9.85. The van der Waals surface area contributed by atoms with E-state index in [-0.39, 0.29) is 0 Å². The summed E-state index contributed by atoms with van der Waals surface area (Å²) >= 11 is 9.39. The molecule has 2 N–H and O–H groups in total. The largest absolute Gasteiger partial charge is 0.315 e. The fourth-order valence-corrected chi connectivity index (χ4v) is 5.99. The van der Waals surface area contributed by atoms with Crippen LogP contribution in [0, 0.1) is 10.5 Å². The molecule has 0 bridgehead atoms. The first kappa shape index (κ1) is 17.0. The van der Waals surface area contributed by atoms with Gasteiger partial charge >= 0.3 is 0 Å². The lowest BCUT2D eigenvalue weighted by molar-refractivity contribution is 0.599. The molecule has 0 aliphatic carbocycles. The molecule has 0 aliphatic rings. The second-order valence-corrected chi connectivity index (χ2v) is 8.61. The van der Waals surface area contributed by atoms with E-state index in [1.54, 1.807) is 32.2 Å². The molecule has 0 aliphatic heterocycles. The summed E-state index contributed by atoms with van der Waals surface area (Å²) in [5.41, 5.74) is 1.28. The number of benzene rings is 1. The number of sulfonamides is 1. The molecule has 4 nitrogen and oxygen atoms in total. The first-order valence-electron chi connectivity index (χ1n) is 6.04. The highest BCUT2D eigenvalue weighted by molar-refractivity contribution is 14.1. The van der Waals surface area contributed by atoms with Crippen molar-refractivity contribution < 1.29 is 8.42 Å². The molecule has 114 valence electrons. The van der Waals surface area contributed by atoms with Crippen LogP contribution in [0.25, 0.3) is 0 Å². The van der Waals surface area contributed by atoms with Crippen molar-refractivity contribution in [3.8, 4) is 0 Å². The van der Waals surface area contributed by atoms with Gasteiger partial charge in [-0.2, -0.15) is 0 Å². The Morgan fingerprint density at radius 3 is 2.71 bits per heavy atom. The summed E-state index contributed by atoms with van der Waals surface area (Å²) in [7, 11) is -1.82. The van der Waals surface area contributed by atoms with Crippen molar-refractivity contribution in [2.45, 2.75) is 18.4 Å². The van der Waals surface area contributed by atoms with E-state index in [0.29, 0.717) is 22.2 Å². The van der Waals surface area contributed by atoms with Gasteiger partial charge < -0.3 is 5.32 Å². The van der Waals surface area contributed by atoms with Gasteiger partial charge in [-0.05, 0) is 65.7 Å². The third-order valence-corrected chi connectivity index (χ3v) is 6.73. The lowest BCUT2D eigenvalue weighted by Gasteiger charge is -2.12. The van der Waals surface area contributed by atoms with Gasteiger partial charge in [-0.3, -0.25) is 4.72 Å². The molecule has 0 amide bonds. The molecular weight excluding hydrogens is 443 g/mol. The molecule has 0 radical (unpaired) electrons. The Morgan fingerprint density at radius 2 is 2.10 bits per heavy atom. The van der Waals surface area contributed by atoms with Crippen LogP contribution in [0.1, 0.15) is 10.4 Å². The highest BCUT2D eigenvalue weighted by Gasteiger charge is 2.23. The van der Waals surface area contributed by atoms with Crippen LogP contribution >= 0.6 is 45.5 Å². The molecule has 1 aromatic heterocycles. The van der Waals surface area contributed by atoms with E-state index in [2.05, 4.69) is 32.6 Å². The Balaban J connectivity index is 2.41. The quantitative estimate of drug-likeness (QED) is 0.672. The minimum Gasteiger partial charge on any atom is -0.315 e. The first-order valence-corrected chi connectivity index (χ1v) is 9.86. The maximum atomic E-state index is 12.6. The smallest absolute Gasteiger partial charge is 0.263 e. The molecule has 21 heavy (non-hydrogen) atoms. The van der Waals surface area contributed by atoms with E-state index < -0.39 is 10.0 Å². The molecule has 1 heterocycles. The minimum absolute atomic E-state index is 0.354. The van der Waals surface area contributed by atoms with Crippen LogP contribution in [-0.4, -0.2) is 15.5 Å². The van der Waals surface area contributed by atoms with Gasteiger partial charge in [-0.1, -0.05) is 11.6 Å². The van der Waals surface area contributed by atoms with Crippen LogP contribution in [-0.2, 0) is 16.6 Å². The number of halogens is 2. The van der Waals surface area contributed by atoms with Gasteiger partial charge in [0, 0.05) is 20.0 Å². The van der Waals surface area contributed by atoms with Gasteiger partial charge in [-0.25, -0.2) is 8.42 Å². The third-order valence-electron chi connectivity index (χ3n) is 2.77. The number of thiophene rings is 1. The summed E-state index contributed by atoms with van der Waals surface area (Å²) in [6.45, 7) is 2.32. The minimum atomic E-state index is -3.62. The number of aryl methyl sites for hydroxylation is 1. The van der Waals surface area contributed by atoms with Crippen molar-refractivity contribution >= 4 is 61.2 Å². The van der Waals surface area contributed by atoms with E-state index >= 15 is 0 Å². The van der Waals surface area contributed by atoms with Crippen LogP contribution in [0.15, 0.2) is 28.5 Å². The number of hydrogen-bond donors (Lipinski definition) is 2. The molecule has 8 heteroatoms. The summed E-state index contributed by atoms with van der Waals surface area (Å²) < 4.78 is 28.7. The van der Waals surface area contributed by atoms with E-state index in [4.69, 9.17) is 11.6 Å². The Bertz CT molecular complexity index is 760. The number of hydrogen-bond acceptors (Lipinski definition) is 4. The summed E-state index contributed by atoms with van der Waals surface area (Å²) in [4.78, 5) is 1.15. The predicted molar refractivity (Wildman–Crippen MR) is 96.8 cm³/mol. The molecule has 0 unspecified atom stereocenters. The molecule has 0 atom stereocenters. The molecule has 2 rings (SSSR count). The number of nitrogens with one attached hydrogen (secondary N) is 2. The summed E-state index contributed by atoms with van der Waals surface area (Å²) in [5.74, 6) is 0. The normalized spacial score (nSPS) is 11.6. The SMILES string of the molecule is CNCc1scc(C)c1S(=O)(=O)Nc1ccc(Cl)cc1I. The topological polar surface area (TPSA) is 58.2 Å². The van der Waals surface area contributed by atoms with Gasteiger partial charge in [0.1, 0.15) is 4.90 Å². The molecular formula is C13H14ClIN2O2S2. The highest BCUT2D eigenvalue weighted by Crippen LogP contribution is 2.30. The molecule has 0 spiro atoms. The van der Waals surface area contributed by atoms with Crippen LogP contribution in [0.4, 0.5) is 5.69 Å². The zero-order valence-electron chi connectivity index (χ0n) is 11.4. The van der Waals surface area contributed by atoms with Crippen molar-refractivity contribution in [2.75, 3.05) is 11.8 Å². The average Bonchev–Trinajstić information content (AvgIpc) is 2.75. The fraction of sp³-hybridized carbons (Fsp3) is 0.231. The summed E-state index contributed by atoms with van der Waals surface area (Å²) in [5, 5.41) is 5.42. The van der Waals surface area contributed by atoms with Crippen molar-refractivity contribution in [1.29, 1.82) is 0 Å². The van der Waals surface area contributed by atoms with Gasteiger partial charge in [0.25, 0.3) is 10.0 Å². The van der Waals surface area contributed by atoms with Gasteiger partial charge in [0.05, 0.1) is 5.69 Å². The molecule has 2 aromatic rings. The summed E-state index contributed by atoms with van der Waals surface area (Å²) in [6.07, 6.45) is 0. The van der Waals surface area contributed by atoms with Crippen molar-refractivity contribution in [3.05, 3.63) is 42.6 Å². The zero-order valence-corrected chi connectivity index (χ0v) is 16.0. The molecule has 0 saturated carbocycles. The Hall–Kier alpha value is -0.350. The molecule has 1 aromatic carbocycles. The number of anilines is 1. The second kappa shape index (κ2) is 6.82. The Labute approximate surface area is 147 Å². The lowest BCUT2D eigenvalue weighted by Crippen LogP contribution is -2.17. The van der Waals surface area contributed by atoms with Crippen LogP contribution in [0.3, 0.4) is 0 Å². The maximum Gasteiger partial charge on any atom is 0.263 e. The van der Waals surface area contributed by atoms with Crippen LogP contribution in [0.5, 0.6) is 0 Å². The Kier molecular flexibility index (Phi) is 5.53.